The van der Waals surface area contributed by atoms with Crippen LogP contribution in [0, 0.1) is 6.92 Å². The Hall–Kier alpha value is -2.37. The summed E-state index contributed by atoms with van der Waals surface area (Å²) in [7, 11) is -3.75. The third-order valence-electron chi connectivity index (χ3n) is 4.76. The quantitative estimate of drug-likeness (QED) is 0.895. The van der Waals surface area contributed by atoms with Crippen LogP contribution in [0.15, 0.2) is 70.8 Å². The van der Waals surface area contributed by atoms with Gasteiger partial charge < -0.3 is 5.11 Å². The molecule has 1 unspecified atom stereocenters. The number of aliphatic hydroxyl groups is 1. The lowest BCUT2D eigenvalue weighted by molar-refractivity contribution is 0.173. The molecule has 4 rings (SSSR count). The lowest BCUT2D eigenvalue weighted by atomic mass is 9.97. The number of nitrogens with zero attached hydrogens (tertiary/aromatic N) is 1. The molecule has 0 amide bonds. The van der Waals surface area contributed by atoms with Gasteiger partial charge in [0.15, 0.2) is 0 Å². The van der Waals surface area contributed by atoms with Gasteiger partial charge in [-0.1, -0.05) is 42.0 Å². The van der Waals surface area contributed by atoms with Crippen molar-refractivity contribution < 1.29 is 13.5 Å². The highest BCUT2D eigenvalue weighted by Crippen LogP contribution is 2.35. The second kappa shape index (κ2) is 5.86. The minimum Gasteiger partial charge on any atom is -0.386 e. The summed E-state index contributed by atoms with van der Waals surface area (Å²) in [6.07, 6.45) is 9.91. The molecule has 0 bridgehead atoms. The minimum atomic E-state index is -3.75. The second-order valence-electron chi connectivity index (χ2n) is 6.48. The number of aryl methyl sites for hydroxylation is 1. The molecule has 1 N–H and O–H groups in total. The molecule has 1 aromatic heterocycles. The Morgan fingerprint density at radius 2 is 1.80 bits per heavy atom. The molecule has 1 aromatic carbocycles. The average molecular weight is 353 g/mol. The van der Waals surface area contributed by atoms with Gasteiger partial charge in [0.25, 0.3) is 10.0 Å². The lowest BCUT2D eigenvalue weighted by Crippen LogP contribution is -2.18. The maximum Gasteiger partial charge on any atom is 0.267 e. The van der Waals surface area contributed by atoms with Crippen molar-refractivity contribution in [3.05, 3.63) is 82.7 Å². The van der Waals surface area contributed by atoms with Gasteiger partial charge in [0, 0.05) is 12.6 Å². The lowest BCUT2D eigenvalue weighted by Gasteiger charge is -2.19. The fourth-order valence-electron chi connectivity index (χ4n) is 3.39. The topological polar surface area (TPSA) is 59.3 Å². The second-order valence-corrected chi connectivity index (χ2v) is 8.30. The number of rotatable bonds is 2. The molecule has 25 heavy (non-hydrogen) atoms. The Kier molecular flexibility index (Phi) is 3.78. The predicted molar refractivity (Wildman–Crippen MR) is 97.6 cm³/mol. The highest BCUT2D eigenvalue weighted by Gasteiger charge is 2.27. The van der Waals surface area contributed by atoms with E-state index in [0.717, 1.165) is 23.1 Å². The summed E-state index contributed by atoms with van der Waals surface area (Å²) >= 11 is 0. The number of aromatic nitrogens is 1. The van der Waals surface area contributed by atoms with Crippen LogP contribution in [0.4, 0.5) is 0 Å². The number of hydrogen-bond acceptors (Lipinski definition) is 3. The molecule has 5 heteroatoms. The Balaban J connectivity index is 1.82. The maximum atomic E-state index is 13.1. The zero-order valence-electron chi connectivity index (χ0n) is 13.9. The maximum absolute atomic E-state index is 13.1. The van der Waals surface area contributed by atoms with Gasteiger partial charge >= 0.3 is 0 Å². The third kappa shape index (κ3) is 2.69. The van der Waals surface area contributed by atoms with E-state index in [4.69, 9.17) is 0 Å². The van der Waals surface area contributed by atoms with E-state index in [1.165, 1.54) is 15.7 Å². The van der Waals surface area contributed by atoms with Crippen LogP contribution < -0.4 is 0 Å². The number of allylic oxidation sites excluding steroid dienone is 4. The van der Waals surface area contributed by atoms with Gasteiger partial charge in [0.1, 0.15) is 0 Å². The van der Waals surface area contributed by atoms with Crippen molar-refractivity contribution in [2.24, 2.45) is 0 Å². The Morgan fingerprint density at radius 1 is 1.04 bits per heavy atom. The third-order valence-corrected chi connectivity index (χ3v) is 6.47. The molecule has 0 saturated heterocycles. The summed E-state index contributed by atoms with van der Waals surface area (Å²) in [4.78, 5) is 0.218. The highest BCUT2D eigenvalue weighted by atomic mass is 32.2. The van der Waals surface area contributed by atoms with Gasteiger partial charge in [-0.3, -0.25) is 0 Å². The molecular formula is C20H19NO3S. The van der Waals surface area contributed by atoms with Crippen LogP contribution >= 0.6 is 0 Å². The Morgan fingerprint density at radius 3 is 2.56 bits per heavy atom. The average Bonchev–Trinajstić information content (AvgIpc) is 3.18. The van der Waals surface area contributed by atoms with Crippen molar-refractivity contribution in [2.75, 3.05) is 0 Å². The zero-order valence-corrected chi connectivity index (χ0v) is 14.7. The Labute approximate surface area is 147 Å². The van der Waals surface area contributed by atoms with Crippen LogP contribution in [0.25, 0.3) is 6.08 Å². The van der Waals surface area contributed by atoms with Crippen molar-refractivity contribution in [3.63, 3.8) is 0 Å². The van der Waals surface area contributed by atoms with Gasteiger partial charge in [-0.25, -0.2) is 12.4 Å². The van der Waals surface area contributed by atoms with Gasteiger partial charge in [-0.15, -0.1) is 0 Å². The zero-order chi connectivity index (χ0) is 17.6. The molecular weight excluding hydrogens is 334 g/mol. The van der Waals surface area contributed by atoms with Crippen molar-refractivity contribution >= 4 is 16.1 Å². The first-order chi connectivity index (χ1) is 12.0. The summed E-state index contributed by atoms with van der Waals surface area (Å²) in [6, 6.07) is 8.49. The van der Waals surface area contributed by atoms with E-state index in [-0.39, 0.29) is 4.90 Å². The van der Waals surface area contributed by atoms with Crippen LogP contribution in [0.5, 0.6) is 0 Å². The van der Waals surface area contributed by atoms with E-state index in [0.29, 0.717) is 12.1 Å². The SMILES string of the molecule is Cc1ccc(S(=O)(=O)n2ccc3c2C(O)CC2=C(/C=C\3)CC=C2)cc1. The van der Waals surface area contributed by atoms with Crippen LogP contribution in [0.2, 0.25) is 0 Å². The first kappa shape index (κ1) is 16.1. The molecule has 0 saturated carbocycles. The highest BCUT2D eigenvalue weighted by molar-refractivity contribution is 7.90. The molecule has 0 fully saturated rings. The summed E-state index contributed by atoms with van der Waals surface area (Å²) in [6.45, 7) is 1.91. The molecule has 0 radical (unpaired) electrons. The molecule has 1 heterocycles. The first-order valence-electron chi connectivity index (χ1n) is 8.25. The van der Waals surface area contributed by atoms with Crippen LogP contribution in [0.1, 0.15) is 35.8 Å². The molecule has 128 valence electrons. The predicted octanol–water partition coefficient (Wildman–Crippen LogP) is 3.74. The fraction of sp³-hybridized carbons (Fsp3) is 0.200. The molecule has 0 aliphatic heterocycles. The van der Waals surface area contributed by atoms with Crippen LogP contribution in [0.3, 0.4) is 0 Å². The molecule has 1 atom stereocenters. The smallest absolute Gasteiger partial charge is 0.267 e. The first-order valence-corrected chi connectivity index (χ1v) is 9.69. The minimum absolute atomic E-state index is 0.218. The van der Waals surface area contributed by atoms with Crippen molar-refractivity contribution in [3.8, 4) is 0 Å². The van der Waals surface area contributed by atoms with E-state index < -0.39 is 16.1 Å². The summed E-state index contributed by atoms with van der Waals surface area (Å²) < 4.78 is 27.3. The monoisotopic (exact) mass is 353 g/mol. The molecule has 2 aliphatic rings. The molecule has 2 aliphatic carbocycles. The van der Waals surface area contributed by atoms with Gasteiger partial charge in [-0.05, 0) is 48.3 Å². The van der Waals surface area contributed by atoms with Crippen molar-refractivity contribution in [1.29, 1.82) is 0 Å². The number of aliphatic hydroxyl groups excluding tert-OH is 1. The van der Waals surface area contributed by atoms with Crippen LogP contribution in [-0.4, -0.2) is 17.5 Å². The van der Waals surface area contributed by atoms with Gasteiger partial charge in [0.2, 0.25) is 0 Å². The number of benzene rings is 1. The summed E-state index contributed by atoms with van der Waals surface area (Å²) in [5.41, 5.74) is 4.40. The van der Waals surface area contributed by atoms with E-state index in [9.17, 15) is 13.5 Å². The largest absolute Gasteiger partial charge is 0.386 e. The number of hydrogen-bond donors (Lipinski definition) is 1. The normalized spacial score (nSPS) is 20.8. The molecule has 4 nitrogen and oxygen atoms in total. The van der Waals surface area contributed by atoms with E-state index in [1.807, 2.05) is 25.2 Å². The van der Waals surface area contributed by atoms with Crippen molar-refractivity contribution in [2.45, 2.75) is 30.8 Å². The van der Waals surface area contributed by atoms with E-state index in [1.54, 1.807) is 30.3 Å². The summed E-state index contributed by atoms with van der Waals surface area (Å²) in [5, 5.41) is 10.8. The fourth-order valence-corrected chi connectivity index (χ4v) is 4.80. The van der Waals surface area contributed by atoms with Crippen LogP contribution in [-0.2, 0) is 10.0 Å². The Bertz CT molecular complexity index is 1020. The standard InChI is InChI=1S/C20H19NO3S/c1-14-5-9-18(10-6-14)25(23,24)21-12-11-16-8-7-15-3-2-4-17(15)13-19(22)20(16)21/h2,4-12,19,22H,3,13H2,1H3/b8-7-. The summed E-state index contributed by atoms with van der Waals surface area (Å²) in [5.74, 6) is 0. The van der Waals surface area contributed by atoms with Crippen molar-refractivity contribution in [1.82, 2.24) is 3.97 Å². The van der Waals surface area contributed by atoms with Gasteiger partial charge in [0.05, 0.1) is 16.7 Å². The number of fused-ring (bicyclic) bond motifs is 1. The van der Waals surface area contributed by atoms with E-state index in [2.05, 4.69) is 6.08 Å². The molecule has 0 spiro atoms. The van der Waals surface area contributed by atoms with Gasteiger partial charge in [-0.2, -0.15) is 0 Å². The van der Waals surface area contributed by atoms with E-state index >= 15 is 0 Å². The molecule has 2 aromatic rings.